The van der Waals surface area contributed by atoms with Crippen LogP contribution in [0.15, 0.2) is 147 Å². The van der Waals surface area contributed by atoms with Crippen molar-refractivity contribution in [1.82, 2.24) is 9.38 Å². The fraction of sp³-hybridized carbons (Fsp3) is 0. The summed E-state index contributed by atoms with van der Waals surface area (Å²) in [6.07, 6.45) is 3.84. The van der Waals surface area contributed by atoms with Gasteiger partial charge in [0.15, 0.2) is 0 Å². The third-order valence-corrected chi connectivity index (χ3v) is 9.31. The van der Waals surface area contributed by atoms with E-state index >= 15 is 0 Å². The van der Waals surface area contributed by atoms with Crippen molar-refractivity contribution in [3.8, 4) is 22.3 Å². The van der Waals surface area contributed by atoms with Crippen molar-refractivity contribution in [2.45, 2.75) is 0 Å². The molecule has 0 spiro atoms. The summed E-state index contributed by atoms with van der Waals surface area (Å²) < 4.78 is 2.23. The molecule has 0 fully saturated rings. The summed E-state index contributed by atoms with van der Waals surface area (Å²) in [5.74, 6) is 0. The van der Waals surface area contributed by atoms with Crippen molar-refractivity contribution < 1.29 is 0 Å². The lowest BCUT2D eigenvalue weighted by atomic mass is 9.84. The third kappa shape index (κ3) is 3.60. The van der Waals surface area contributed by atoms with Crippen LogP contribution in [0.5, 0.6) is 0 Å². The minimum absolute atomic E-state index is 0.930. The van der Waals surface area contributed by atoms with Crippen LogP contribution in [0.3, 0.4) is 0 Å². The van der Waals surface area contributed by atoms with Gasteiger partial charge in [-0.2, -0.15) is 0 Å². The molecule has 2 aromatic heterocycles. The summed E-state index contributed by atoms with van der Waals surface area (Å²) in [6, 6.07) is 48.1. The molecule has 9 aromatic rings. The highest BCUT2D eigenvalue weighted by Crippen LogP contribution is 2.45. The first-order chi connectivity index (χ1) is 22.3. The monoisotopic (exact) mass is 572 g/mol. The summed E-state index contributed by atoms with van der Waals surface area (Å²) >= 11 is 0. The number of pyridine rings is 1. The van der Waals surface area contributed by atoms with E-state index < -0.39 is 0 Å². The normalized spacial score (nSPS) is 11.7. The van der Waals surface area contributed by atoms with E-state index in [4.69, 9.17) is 4.98 Å². The molecule has 0 aliphatic carbocycles. The quantitative estimate of drug-likeness (QED) is 0.192. The SMILES string of the molecule is C=Cc1c(C=C)n2c3ccc(-c4c5ccccc5c(-c5cccc6ccccc56)c5ccccc45)cc3nc2c2ccccc12. The Morgan fingerprint density at radius 2 is 1.09 bits per heavy atom. The van der Waals surface area contributed by atoms with Crippen LogP contribution in [0.25, 0.3) is 94.2 Å². The van der Waals surface area contributed by atoms with Crippen LogP contribution in [-0.4, -0.2) is 9.38 Å². The minimum Gasteiger partial charge on any atom is -0.292 e. The maximum Gasteiger partial charge on any atom is 0.146 e. The standard InChI is InChI=1S/C43H28N2/c1-3-29-31-17-7-12-22-37(31)43-44-38-26-28(24-25-40(38)45(43)39(29)4-2)41-33-18-8-10-20-35(33)42(36-21-11-9-19-34(36)41)32-23-13-15-27-14-5-6-16-30(27)32/h3-26H,1-2H2. The van der Waals surface area contributed by atoms with Crippen LogP contribution in [-0.2, 0) is 0 Å². The van der Waals surface area contributed by atoms with Crippen LogP contribution in [0.1, 0.15) is 11.3 Å². The molecule has 0 N–H and O–H groups in total. The number of fused-ring (bicyclic) bond motifs is 8. The van der Waals surface area contributed by atoms with Gasteiger partial charge in [-0.1, -0.05) is 141 Å². The second-order valence-corrected chi connectivity index (χ2v) is 11.6. The molecule has 2 heteroatoms. The molecular weight excluding hydrogens is 544 g/mol. The molecule has 0 radical (unpaired) electrons. The molecule has 0 aliphatic heterocycles. The van der Waals surface area contributed by atoms with E-state index in [2.05, 4.69) is 151 Å². The summed E-state index contributed by atoms with van der Waals surface area (Å²) in [5, 5.41) is 9.69. The van der Waals surface area contributed by atoms with E-state index in [0.29, 0.717) is 0 Å². The number of nitrogens with zero attached hydrogens (tertiary/aromatic N) is 2. The molecule has 0 saturated heterocycles. The smallest absolute Gasteiger partial charge is 0.146 e. The molecule has 0 amide bonds. The predicted molar refractivity (Wildman–Crippen MR) is 194 cm³/mol. The predicted octanol–water partition coefficient (Wildman–Crippen LogP) is 11.7. The topological polar surface area (TPSA) is 17.3 Å². The Bertz CT molecular complexity index is 2630. The number of rotatable bonds is 4. The number of imidazole rings is 1. The van der Waals surface area contributed by atoms with Crippen molar-refractivity contribution in [3.05, 3.63) is 158 Å². The molecule has 0 saturated carbocycles. The van der Waals surface area contributed by atoms with Gasteiger partial charge in [0.25, 0.3) is 0 Å². The van der Waals surface area contributed by atoms with E-state index in [-0.39, 0.29) is 0 Å². The van der Waals surface area contributed by atoms with Crippen LogP contribution in [0.4, 0.5) is 0 Å². The fourth-order valence-corrected chi connectivity index (χ4v) is 7.42. The highest BCUT2D eigenvalue weighted by molar-refractivity contribution is 6.23. The van der Waals surface area contributed by atoms with E-state index in [1.54, 1.807) is 0 Å². The molecule has 0 bridgehead atoms. The van der Waals surface area contributed by atoms with Gasteiger partial charge in [-0.3, -0.25) is 4.40 Å². The van der Waals surface area contributed by atoms with E-state index in [1.165, 1.54) is 49.0 Å². The molecule has 0 aliphatic rings. The number of hydrogen-bond donors (Lipinski definition) is 0. The number of hydrogen-bond acceptors (Lipinski definition) is 1. The lowest BCUT2D eigenvalue weighted by molar-refractivity contribution is 1.21. The van der Waals surface area contributed by atoms with E-state index in [9.17, 15) is 0 Å². The first-order valence-corrected chi connectivity index (χ1v) is 15.3. The minimum atomic E-state index is 0.930. The molecule has 9 rings (SSSR count). The van der Waals surface area contributed by atoms with Crippen molar-refractivity contribution >= 4 is 71.9 Å². The Balaban J connectivity index is 1.39. The Morgan fingerprint density at radius 3 is 1.76 bits per heavy atom. The maximum absolute atomic E-state index is 5.25. The molecule has 0 atom stereocenters. The first kappa shape index (κ1) is 25.5. The summed E-state index contributed by atoms with van der Waals surface area (Å²) in [6.45, 7) is 8.31. The van der Waals surface area contributed by atoms with Gasteiger partial charge >= 0.3 is 0 Å². The molecule has 7 aromatic carbocycles. The summed E-state index contributed by atoms with van der Waals surface area (Å²) in [4.78, 5) is 5.25. The highest BCUT2D eigenvalue weighted by atomic mass is 15.0. The highest BCUT2D eigenvalue weighted by Gasteiger charge is 2.20. The Hall–Kier alpha value is -5.99. The van der Waals surface area contributed by atoms with Crippen LogP contribution in [0, 0.1) is 0 Å². The third-order valence-electron chi connectivity index (χ3n) is 9.31. The Kier molecular flexibility index (Phi) is 5.54. The van der Waals surface area contributed by atoms with Crippen molar-refractivity contribution in [2.75, 3.05) is 0 Å². The molecule has 45 heavy (non-hydrogen) atoms. The van der Waals surface area contributed by atoms with Gasteiger partial charge in [0, 0.05) is 10.9 Å². The second-order valence-electron chi connectivity index (χ2n) is 11.6. The summed E-state index contributed by atoms with van der Waals surface area (Å²) in [7, 11) is 0. The van der Waals surface area contributed by atoms with Crippen LogP contribution >= 0.6 is 0 Å². The van der Waals surface area contributed by atoms with Gasteiger partial charge in [-0.25, -0.2) is 4.98 Å². The zero-order valence-electron chi connectivity index (χ0n) is 24.7. The van der Waals surface area contributed by atoms with Gasteiger partial charge < -0.3 is 0 Å². The zero-order chi connectivity index (χ0) is 30.1. The van der Waals surface area contributed by atoms with E-state index in [0.717, 1.165) is 44.3 Å². The lowest BCUT2D eigenvalue weighted by Gasteiger charge is -2.18. The molecule has 2 heterocycles. The van der Waals surface area contributed by atoms with Crippen LogP contribution in [0.2, 0.25) is 0 Å². The van der Waals surface area contributed by atoms with E-state index in [1.807, 2.05) is 12.2 Å². The Labute approximate surface area is 260 Å². The largest absolute Gasteiger partial charge is 0.292 e. The molecule has 210 valence electrons. The Morgan fingerprint density at radius 1 is 0.511 bits per heavy atom. The van der Waals surface area contributed by atoms with Gasteiger partial charge in [0.2, 0.25) is 0 Å². The number of aromatic nitrogens is 2. The average Bonchev–Trinajstić information content (AvgIpc) is 3.48. The van der Waals surface area contributed by atoms with Crippen molar-refractivity contribution in [2.24, 2.45) is 0 Å². The van der Waals surface area contributed by atoms with Gasteiger partial charge in [-0.15, -0.1) is 0 Å². The fourth-order valence-electron chi connectivity index (χ4n) is 7.42. The summed E-state index contributed by atoms with van der Waals surface area (Å²) in [5.41, 5.74) is 9.91. The van der Waals surface area contributed by atoms with Gasteiger partial charge in [-0.05, 0) is 78.2 Å². The molecule has 0 unspecified atom stereocenters. The van der Waals surface area contributed by atoms with Gasteiger partial charge in [0.05, 0.1) is 16.7 Å². The lowest BCUT2D eigenvalue weighted by Crippen LogP contribution is -1.97. The number of benzene rings is 7. The zero-order valence-corrected chi connectivity index (χ0v) is 24.7. The first-order valence-electron chi connectivity index (χ1n) is 15.3. The van der Waals surface area contributed by atoms with Crippen molar-refractivity contribution in [1.29, 1.82) is 0 Å². The van der Waals surface area contributed by atoms with Gasteiger partial charge in [0.1, 0.15) is 5.65 Å². The molecular formula is C43H28N2. The van der Waals surface area contributed by atoms with Crippen molar-refractivity contribution in [3.63, 3.8) is 0 Å². The van der Waals surface area contributed by atoms with Crippen LogP contribution < -0.4 is 0 Å². The molecule has 2 nitrogen and oxygen atoms in total. The second kappa shape index (κ2) is 9.77. The maximum atomic E-state index is 5.25. The average molecular weight is 573 g/mol.